The predicted molar refractivity (Wildman–Crippen MR) is 116 cm³/mol. The maximum atomic E-state index is 13.1. The van der Waals surface area contributed by atoms with E-state index in [1.807, 2.05) is 19.9 Å². The average molecular weight is 411 g/mol. The quantitative estimate of drug-likeness (QED) is 0.596. The van der Waals surface area contributed by atoms with Crippen molar-refractivity contribution in [2.24, 2.45) is 0 Å². The lowest BCUT2D eigenvalue weighted by atomic mass is 10.1. The van der Waals surface area contributed by atoms with E-state index in [9.17, 15) is 4.79 Å². The van der Waals surface area contributed by atoms with Crippen molar-refractivity contribution in [3.05, 3.63) is 70.0 Å². The topological polar surface area (TPSA) is 43.8 Å². The van der Waals surface area contributed by atoms with E-state index >= 15 is 0 Å². The Labute approximate surface area is 176 Å². The molecule has 0 saturated carbocycles. The summed E-state index contributed by atoms with van der Waals surface area (Å²) in [7, 11) is 0. The third-order valence-electron chi connectivity index (χ3n) is 5.90. The van der Waals surface area contributed by atoms with Gasteiger partial charge in [-0.2, -0.15) is 0 Å². The molecule has 0 radical (unpaired) electrons. The Morgan fingerprint density at radius 1 is 1.07 bits per heavy atom. The summed E-state index contributed by atoms with van der Waals surface area (Å²) in [5.41, 5.74) is 5.35. The fourth-order valence-corrected chi connectivity index (χ4v) is 5.21. The van der Waals surface area contributed by atoms with Crippen LogP contribution in [-0.2, 0) is 6.54 Å². The van der Waals surface area contributed by atoms with Crippen LogP contribution in [0.3, 0.4) is 0 Å². The van der Waals surface area contributed by atoms with Crippen molar-refractivity contribution in [3.63, 3.8) is 0 Å². The van der Waals surface area contributed by atoms with Crippen LogP contribution in [0.15, 0.2) is 41.8 Å². The molecule has 0 amide bonds. The van der Waals surface area contributed by atoms with Gasteiger partial charge in [-0.15, -0.1) is 11.3 Å². The summed E-state index contributed by atoms with van der Waals surface area (Å²) in [6.07, 6.45) is 0. The molecule has 29 heavy (non-hydrogen) atoms. The van der Waals surface area contributed by atoms with Crippen LogP contribution in [0.25, 0.3) is 5.13 Å². The molecule has 3 aromatic rings. The molecule has 1 fully saturated rings. The van der Waals surface area contributed by atoms with Crippen LogP contribution in [-0.4, -0.2) is 48.1 Å². The largest absolute Gasteiger partial charge is 0.322 e. The summed E-state index contributed by atoms with van der Waals surface area (Å²) in [5.74, 6) is 0.249. The lowest BCUT2D eigenvalue weighted by Crippen LogP contribution is -3.27. The minimum absolute atomic E-state index is 0.249. The minimum atomic E-state index is 0.249. The summed E-state index contributed by atoms with van der Waals surface area (Å²) in [5, 5.41) is 3.00. The number of ketones is 1. The number of benzene rings is 1. The van der Waals surface area contributed by atoms with E-state index in [0.717, 1.165) is 60.5 Å². The highest BCUT2D eigenvalue weighted by molar-refractivity contribution is 7.12. The van der Waals surface area contributed by atoms with Crippen LogP contribution in [0.4, 0.5) is 0 Å². The molecule has 6 heteroatoms. The van der Waals surface area contributed by atoms with E-state index in [4.69, 9.17) is 0 Å². The fourth-order valence-electron chi connectivity index (χ4n) is 4.30. The summed E-state index contributed by atoms with van der Waals surface area (Å²) in [6, 6.07) is 12.7. The van der Waals surface area contributed by atoms with Crippen molar-refractivity contribution < 1.29 is 14.6 Å². The third-order valence-corrected chi connectivity index (χ3v) is 6.85. The Morgan fingerprint density at radius 3 is 2.41 bits per heavy atom. The molecule has 0 atom stereocenters. The van der Waals surface area contributed by atoms with E-state index in [2.05, 4.69) is 52.2 Å². The second-order valence-corrected chi connectivity index (χ2v) is 8.99. The van der Waals surface area contributed by atoms with E-state index in [1.165, 1.54) is 10.5 Å². The zero-order valence-corrected chi connectivity index (χ0v) is 18.3. The van der Waals surface area contributed by atoms with Crippen LogP contribution in [0.2, 0.25) is 0 Å². The first-order valence-corrected chi connectivity index (χ1v) is 11.2. The van der Waals surface area contributed by atoms with Crippen molar-refractivity contribution in [2.45, 2.75) is 27.3 Å². The van der Waals surface area contributed by atoms with Crippen molar-refractivity contribution in [2.75, 3.05) is 32.7 Å². The van der Waals surface area contributed by atoms with Crippen molar-refractivity contribution in [1.82, 2.24) is 9.55 Å². The number of aromatic nitrogens is 2. The molecule has 1 saturated heterocycles. The maximum Gasteiger partial charge on any atom is 0.218 e. The zero-order valence-electron chi connectivity index (χ0n) is 17.5. The normalized spacial score (nSPS) is 19.4. The zero-order chi connectivity index (χ0) is 20.4. The Hall–Kier alpha value is -2.28. The first-order chi connectivity index (χ1) is 14.0. The van der Waals surface area contributed by atoms with Gasteiger partial charge in [-0.1, -0.05) is 30.3 Å². The molecule has 1 aliphatic heterocycles. The molecule has 0 bridgehead atoms. The van der Waals surface area contributed by atoms with Crippen LogP contribution < -0.4 is 9.80 Å². The molecule has 1 aliphatic rings. The molecule has 0 unspecified atom stereocenters. The van der Waals surface area contributed by atoms with E-state index in [-0.39, 0.29) is 5.78 Å². The molecule has 152 valence electrons. The molecule has 0 aliphatic carbocycles. The van der Waals surface area contributed by atoms with Crippen molar-refractivity contribution >= 4 is 17.1 Å². The number of carbonyl (C=O) groups excluding carboxylic acids is 1. The molecular formula is C23H30N4OS+2. The van der Waals surface area contributed by atoms with Gasteiger partial charge in [-0.05, 0) is 26.8 Å². The standard InChI is InChI=1S/C23H28N4OS/c1-17-16-29-23(24-17)27-18(2)13-21(19(27)3)22(28)15-26-11-9-25(10-12-26)14-20-7-5-4-6-8-20/h4-8,13,16H,9-12,14-15H2,1-3H3/p+2. The van der Waals surface area contributed by atoms with Gasteiger partial charge < -0.3 is 9.80 Å². The summed E-state index contributed by atoms with van der Waals surface area (Å²) < 4.78 is 2.11. The molecule has 0 spiro atoms. The maximum absolute atomic E-state index is 13.1. The average Bonchev–Trinajstić information content (AvgIpc) is 3.26. The van der Waals surface area contributed by atoms with Gasteiger partial charge in [0.25, 0.3) is 0 Å². The number of hydrogen-bond donors (Lipinski definition) is 2. The van der Waals surface area contributed by atoms with Gasteiger partial charge in [-0.3, -0.25) is 9.36 Å². The van der Waals surface area contributed by atoms with Gasteiger partial charge >= 0.3 is 0 Å². The Bertz CT molecular complexity index is 984. The number of nitrogens with zero attached hydrogens (tertiary/aromatic N) is 2. The van der Waals surface area contributed by atoms with Gasteiger partial charge in [0.05, 0.1) is 5.69 Å². The molecule has 2 aromatic heterocycles. The number of piperazine rings is 1. The van der Waals surface area contributed by atoms with Crippen LogP contribution in [0.5, 0.6) is 0 Å². The summed E-state index contributed by atoms with van der Waals surface area (Å²) in [4.78, 5) is 20.7. The Balaban J connectivity index is 1.37. The number of Topliss-reactive ketones (excluding diaryl/α,β-unsaturated/α-hetero) is 1. The van der Waals surface area contributed by atoms with Crippen LogP contribution in [0, 0.1) is 20.8 Å². The predicted octanol–water partition coefficient (Wildman–Crippen LogP) is 1.03. The summed E-state index contributed by atoms with van der Waals surface area (Å²) in [6.45, 7) is 12.1. The SMILES string of the molecule is Cc1csc(-n2c(C)cc(C(=O)C[NH+]3CC[NH+](Cc4ccccc4)CC3)c2C)n1. The fraction of sp³-hybridized carbons (Fsp3) is 0.391. The van der Waals surface area contributed by atoms with Crippen LogP contribution >= 0.6 is 11.3 Å². The minimum Gasteiger partial charge on any atom is -0.322 e. The van der Waals surface area contributed by atoms with Gasteiger partial charge in [0, 0.05) is 27.9 Å². The van der Waals surface area contributed by atoms with Gasteiger partial charge in [0.2, 0.25) is 5.78 Å². The number of thiazole rings is 1. The van der Waals surface area contributed by atoms with Crippen molar-refractivity contribution in [3.8, 4) is 5.13 Å². The van der Waals surface area contributed by atoms with E-state index in [0.29, 0.717) is 6.54 Å². The third kappa shape index (κ3) is 4.50. The lowest BCUT2D eigenvalue weighted by Gasteiger charge is -2.29. The van der Waals surface area contributed by atoms with Gasteiger partial charge in [0.15, 0.2) is 5.13 Å². The number of carbonyl (C=O) groups is 1. The molecule has 1 aromatic carbocycles. The number of aryl methyl sites for hydroxylation is 2. The second kappa shape index (κ2) is 8.61. The molecule has 4 rings (SSSR count). The first kappa shape index (κ1) is 20.0. The lowest BCUT2D eigenvalue weighted by molar-refractivity contribution is -1.01. The monoisotopic (exact) mass is 410 g/mol. The Kier molecular flexibility index (Phi) is 5.94. The highest BCUT2D eigenvalue weighted by atomic mass is 32.1. The van der Waals surface area contributed by atoms with Gasteiger partial charge in [0.1, 0.15) is 39.3 Å². The molecule has 2 N–H and O–H groups in total. The second-order valence-electron chi connectivity index (χ2n) is 8.15. The highest BCUT2D eigenvalue weighted by Crippen LogP contribution is 2.23. The number of rotatable bonds is 6. The molecule has 3 heterocycles. The smallest absolute Gasteiger partial charge is 0.218 e. The number of nitrogens with one attached hydrogen (secondary N) is 2. The number of quaternary nitrogens is 2. The van der Waals surface area contributed by atoms with E-state index < -0.39 is 0 Å². The summed E-state index contributed by atoms with van der Waals surface area (Å²) >= 11 is 1.63. The first-order valence-electron chi connectivity index (χ1n) is 10.4. The number of hydrogen-bond acceptors (Lipinski definition) is 3. The van der Waals surface area contributed by atoms with Crippen LogP contribution in [0.1, 0.15) is 33.0 Å². The molecule has 5 nitrogen and oxygen atoms in total. The van der Waals surface area contributed by atoms with Gasteiger partial charge in [-0.25, -0.2) is 4.98 Å². The van der Waals surface area contributed by atoms with E-state index in [1.54, 1.807) is 16.2 Å². The Morgan fingerprint density at radius 2 is 1.76 bits per heavy atom. The molecular weight excluding hydrogens is 380 g/mol. The van der Waals surface area contributed by atoms with Crippen molar-refractivity contribution in [1.29, 1.82) is 0 Å². The highest BCUT2D eigenvalue weighted by Gasteiger charge is 2.27.